The molecule has 4 heteroatoms. The molecule has 2 N–H and O–H groups in total. The van der Waals surface area contributed by atoms with Crippen molar-refractivity contribution in [3.05, 3.63) is 23.8 Å². The lowest BCUT2D eigenvalue weighted by atomic mass is 10.1. The molecule has 0 spiro atoms. The molecule has 4 nitrogen and oxygen atoms in total. The van der Waals surface area contributed by atoms with Crippen molar-refractivity contribution in [2.45, 2.75) is 31.8 Å². The van der Waals surface area contributed by atoms with Crippen LogP contribution in [0.5, 0.6) is 0 Å². The van der Waals surface area contributed by atoms with Crippen molar-refractivity contribution < 1.29 is 0 Å². The lowest BCUT2D eigenvalue weighted by Gasteiger charge is -2.44. The summed E-state index contributed by atoms with van der Waals surface area (Å²) in [5, 5.41) is 8.91. The first kappa shape index (κ1) is 12.3. The quantitative estimate of drug-likeness (QED) is 0.779. The fourth-order valence-corrected chi connectivity index (χ4v) is 3.41. The molecule has 1 aromatic carbocycles. The Bertz CT molecular complexity index is 519. The number of hydrogen-bond acceptors (Lipinski definition) is 4. The number of nitriles is 1. The minimum atomic E-state index is 0.476. The third-order valence-electron chi connectivity index (χ3n) is 4.40. The number of nitrogen functional groups attached to an aromatic ring is 1. The number of nitrogens with two attached hydrogens (primary N) is 1. The Kier molecular flexibility index (Phi) is 3.08. The van der Waals surface area contributed by atoms with Gasteiger partial charge in [0.15, 0.2) is 0 Å². The molecule has 0 radical (unpaired) electrons. The van der Waals surface area contributed by atoms with Crippen LogP contribution in [0.3, 0.4) is 0 Å². The summed E-state index contributed by atoms with van der Waals surface area (Å²) in [6, 6.07) is 8.92. The van der Waals surface area contributed by atoms with Crippen LogP contribution in [-0.2, 0) is 0 Å². The third kappa shape index (κ3) is 2.15. The Labute approximate surface area is 114 Å². The number of rotatable bonds is 1. The van der Waals surface area contributed by atoms with Crippen molar-refractivity contribution in [3.8, 4) is 6.07 Å². The zero-order chi connectivity index (χ0) is 13.4. The van der Waals surface area contributed by atoms with E-state index in [1.807, 2.05) is 12.1 Å². The molecule has 0 amide bonds. The van der Waals surface area contributed by atoms with Gasteiger partial charge >= 0.3 is 0 Å². The average molecular weight is 256 g/mol. The van der Waals surface area contributed by atoms with Gasteiger partial charge in [-0.25, -0.2) is 0 Å². The van der Waals surface area contributed by atoms with E-state index in [9.17, 15) is 0 Å². The summed E-state index contributed by atoms with van der Waals surface area (Å²) >= 11 is 0. The standard InChI is InChI=1S/C15H20N4/c1-11-9-18-6-2-3-13(18)10-19(11)15-5-4-12(8-16)7-14(15)17/h4-5,7,11,13H,2-3,6,9-10,17H2,1H3. The molecule has 0 bridgehead atoms. The molecule has 2 aliphatic rings. The van der Waals surface area contributed by atoms with E-state index in [0.29, 0.717) is 17.6 Å². The van der Waals surface area contributed by atoms with Crippen LogP contribution in [-0.4, -0.2) is 36.6 Å². The van der Waals surface area contributed by atoms with Gasteiger partial charge in [0.25, 0.3) is 0 Å². The van der Waals surface area contributed by atoms with E-state index < -0.39 is 0 Å². The summed E-state index contributed by atoms with van der Waals surface area (Å²) in [4.78, 5) is 5.00. The Hall–Kier alpha value is -1.73. The van der Waals surface area contributed by atoms with Gasteiger partial charge in [-0.05, 0) is 44.5 Å². The molecule has 2 unspecified atom stereocenters. The van der Waals surface area contributed by atoms with Gasteiger partial charge in [-0.2, -0.15) is 5.26 Å². The topological polar surface area (TPSA) is 56.3 Å². The molecule has 2 saturated heterocycles. The van der Waals surface area contributed by atoms with Crippen LogP contribution in [0.2, 0.25) is 0 Å². The minimum Gasteiger partial charge on any atom is -0.397 e. The Morgan fingerprint density at radius 2 is 2.21 bits per heavy atom. The number of hydrogen-bond donors (Lipinski definition) is 1. The van der Waals surface area contributed by atoms with Crippen LogP contribution in [0.4, 0.5) is 11.4 Å². The summed E-state index contributed by atoms with van der Waals surface area (Å²) in [5.41, 5.74) is 8.55. The third-order valence-corrected chi connectivity index (χ3v) is 4.40. The van der Waals surface area contributed by atoms with Gasteiger partial charge in [0.05, 0.1) is 23.0 Å². The Balaban J connectivity index is 1.87. The fraction of sp³-hybridized carbons (Fsp3) is 0.533. The van der Waals surface area contributed by atoms with Crippen LogP contribution >= 0.6 is 0 Å². The molecule has 0 aromatic heterocycles. The average Bonchev–Trinajstić information content (AvgIpc) is 2.85. The second kappa shape index (κ2) is 4.75. The smallest absolute Gasteiger partial charge is 0.0992 e. The maximum atomic E-state index is 8.91. The molecule has 2 fully saturated rings. The molecule has 2 atom stereocenters. The Morgan fingerprint density at radius 1 is 1.37 bits per heavy atom. The normalized spacial score (nSPS) is 27.1. The maximum absolute atomic E-state index is 8.91. The first-order valence-corrected chi connectivity index (χ1v) is 6.99. The molecule has 100 valence electrons. The predicted molar refractivity (Wildman–Crippen MR) is 77.0 cm³/mol. The number of fused-ring (bicyclic) bond motifs is 1. The lowest BCUT2D eigenvalue weighted by molar-refractivity contribution is 0.203. The second-order valence-corrected chi connectivity index (χ2v) is 5.68. The highest BCUT2D eigenvalue weighted by Gasteiger charge is 2.34. The van der Waals surface area contributed by atoms with Crippen LogP contribution in [0.1, 0.15) is 25.3 Å². The zero-order valence-corrected chi connectivity index (χ0v) is 11.3. The van der Waals surface area contributed by atoms with Crippen molar-refractivity contribution in [2.75, 3.05) is 30.3 Å². The number of benzene rings is 1. The number of nitrogens with zero attached hydrogens (tertiary/aromatic N) is 3. The van der Waals surface area contributed by atoms with E-state index >= 15 is 0 Å². The molecule has 3 rings (SSSR count). The molecule has 2 heterocycles. The molecular formula is C15H20N4. The van der Waals surface area contributed by atoms with Gasteiger partial charge in [-0.3, -0.25) is 4.90 Å². The van der Waals surface area contributed by atoms with Crippen LogP contribution in [0.25, 0.3) is 0 Å². The van der Waals surface area contributed by atoms with E-state index in [2.05, 4.69) is 22.8 Å². The van der Waals surface area contributed by atoms with Crippen molar-refractivity contribution in [2.24, 2.45) is 0 Å². The predicted octanol–water partition coefficient (Wildman–Crippen LogP) is 1.81. The number of anilines is 2. The molecule has 1 aromatic rings. The monoisotopic (exact) mass is 256 g/mol. The summed E-state index contributed by atoms with van der Waals surface area (Å²) in [6.07, 6.45) is 2.60. The highest BCUT2D eigenvalue weighted by atomic mass is 15.3. The SMILES string of the molecule is CC1CN2CCCC2CN1c1ccc(C#N)cc1N. The van der Waals surface area contributed by atoms with Crippen molar-refractivity contribution in [1.29, 1.82) is 5.26 Å². The number of piperazine rings is 1. The van der Waals surface area contributed by atoms with Gasteiger partial charge in [0, 0.05) is 25.2 Å². The zero-order valence-electron chi connectivity index (χ0n) is 11.3. The van der Waals surface area contributed by atoms with Gasteiger partial charge in [-0.1, -0.05) is 0 Å². The first-order chi connectivity index (χ1) is 9.19. The molecule has 2 aliphatic heterocycles. The van der Waals surface area contributed by atoms with Gasteiger partial charge in [0.2, 0.25) is 0 Å². The fourth-order valence-electron chi connectivity index (χ4n) is 3.41. The van der Waals surface area contributed by atoms with E-state index in [1.165, 1.54) is 19.4 Å². The van der Waals surface area contributed by atoms with Crippen molar-refractivity contribution in [3.63, 3.8) is 0 Å². The maximum Gasteiger partial charge on any atom is 0.0992 e. The molecule has 19 heavy (non-hydrogen) atoms. The van der Waals surface area contributed by atoms with Gasteiger partial charge in [0.1, 0.15) is 0 Å². The van der Waals surface area contributed by atoms with Crippen molar-refractivity contribution >= 4 is 11.4 Å². The van der Waals surface area contributed by atoms with E-state index in [0.717, 1.165) is 24.5 Å². The van der Waals surface area contributed by atoms with E-state index in [4.69, 9.17) is 11.0 Å². The van der Waals surface area contributed by atoms with Crippen LogP contribution < -0.4 is 10.6 Å². The summed E-state index contributed by atoms with van der Waals surface area (Å²) in [7, 11) is 0. The molecular weight excluding hydrogens is 236 g/mol. The highest BCUT2D eigenvalue weighted by Crippen LogP contribution is 2.32. The van der Waals surface area contributed by atoms with E-state index in [-0.39, 0.29) is 0 Å². The van der Waals surface area contributed by atoms with Gasteiger partial charge < -0.3 is 10.6 Å². The highest BCUT2D eigenvalue weighted by molar-refractivity contribution is 5.70. The van der Waals surface area contributed by atoms with Gasteiger partial charge in [-0.15, -0.1) is 0 Å². The minimum absolute atomic E-state index is 0.476. The first-order valence-electron chi connectivity index (χ1n) is 6.99. The Morgan fingerprint density at radius 3 is 2.95 bits per heavy atom. The second-order valence-electron chi connectivity index (χ2n) is 5.68. The summed E-state index contributed by atoms with van der Waals surface area (Å²) < 4.78 is 0. The molecule has 0 aliphatic carbocycles. The van der Waals surface area contributed by atoms with Crippen LogP contribution in [0.15, 0.2) is 18.2 Å². The lowest BCUT2D eigenvalue weighted by Crippen LogP contribution is -2.55. The largest absolute Gasteiger partial charge is 0.397 e. The van der Waals surface area contributed by atoms with Crippen molar-refractivity contribution in [1.82, 2.24) is 4.90 Å². The van der Waals surface area contributed by atoms with E-state index in [1.54, 1.807) is 6.07 Å². The summed E-state index contributed by atoms with van der Waals surface area (Å²) in [6.45, 7) is 5.67. The summed E-state index contributed by atoms with van der Waals surface area (Å²) in [5.74, 6) is 0. The van der Waals surface area contributed by atoms with Crippen LogP contribution in [0, 0.1) is 11.3 Å². The molecule has 0 saturated carbocycles.